The summed E-state index contributed by atoms with van der Waals surface area (Å²) in [6.07, 6.45) is 3.62. The van der Waals surface area contributed by atoms with Crippen LogP contribution in [0.25, 0.3) is 0 Å². The van der Waals surface area contributed by atoms with Crippen molar-refractivity contribution in [1.82, 2.24) is 20.6 Å². The molecule has 0 unspecified atom stereocenters. The van der Waals surface area contributed by atoms with E-state index in [-0.39, 0.29) is 12.5 Å². The smallest absolute Gasteiger partial charge is 0.326 e. The van der Waals surface area contributed by atoms with Crippen LogP contribution >= 0.6 is 0 Å². The van der Waals surface area contributed by atoms with Gasteiger partial charge in [0, 0.05) is 12.4 Å². The van der Waals surface area contributed by atoms with Gasteiger partial charge in [-0.05, 0) is 12.3 Å². The number of rotatable bonds is 6. The third-order valence-corrected chi connectivity index (χ3v) is 2.28. The number of aromatic nitrogens is 2. The monoisotopic (exact) mass is 254 g/mol. The maximum atomic E-state index is 11.5. The Morgan fingerprint density at radius 2 is 2.22 bits per heavy atom. The zero-order valence-corrected chi connectivity index (χ0v) is 10.4. The number of H-pyrrole nitrogens is 1. The highest BCUT2D eigenvalue weighted by atomic mass is 16.4. The van der Waals surface area contributed by atoms with Gasteiger partial charge in [-0.2, -0.15) is 0 Å². The lowest BCUT2D eigenvalue weighted by molar-refractivity contribution is -0.139. The van der Waals surface area contributed by atoms with Gasteiger partial charge in [0.05, 0.1) is 6.54 Å². The predicted octanol–water partition coefficient (Wildman–Crippen LogP) is 0.708. The average molecular weight is 254 g/mol. The fraction of sp³-hybridized carbons (Fsp3) is 0.545. The minimum absolute atomic E-state index is 0.191. The molecule has 0 saturated heterocycles. The van der Waals surface area contributed by atoms with Gasteiger partial charge >= 0.3 is 12.0 Å². The number of amides is 2. The Morgan fingerprint density at radius 3 is 2.72 bits per heavy atom. The van der Waals surface area contributed by atoms with Crippen LogP contribution in [0.2, 0.25) is 0 Å². The van der Waals surface area contributed by atoms with Gasteiger partial charge in [0.2, 0.25) is 0 Å². The summed E-state index contributed by atoms with van der Waals surface area (Å²) >= 11 is 0. The van der Waals surface area contributed by atoms with E-state index in [1.165, 1.54) is 0 Å². The van der Waals surface area contributed by atoms with Crippen LogP contribution in [0.15, 0.2) is 12.4 Å². The first-order chi connectivity index (χ1) is 8.49. The molecule has 0 bridgehead atoms. The first-order valence-corrected chi connectivity index (χ1v) is 5.74. The number of hydrogen-bond acceptors (Lipinski definition) is 3. The van der Waals surface area contributed by atoms with Crippen molar-refractivity contribution < 1.29 is 14.7 Å². The molecule has 4 N–H and O–H groups in total. The summed E-state index contributed by atoms with van der Waals surface area (Å²) < 4.78 is 0. The molecule has 0 spiro atoms. The molecule has 0 radical (unpaired) electrons. The van der Waals surface area contributed by atoms with E-state index in [1.54, 1.807) is 12.4 Å². The first kappa shape index (κ1) is 14.0. The van der Waals surface area contributed by atoms with Crippen molar-refractivity contribution in [1.29, 1.82) is 0 Å². The van der Waals surface area contributed by atoms with Gasteiger partial charge < -0.3 is 20.7 Å². The van der Waals surface area contributed by atoms with Gasteiger partial charge in [-0.1, -0.05) is 13.8 Å². The second-order valence-corrected chi connectivity index (χ2v) is 4.38. The largest absolute Gasteiger partial charge is 0.480 e. The summed E-state index contributed by atoms with van der Waals surface area (Å²) in [6, 6.07) is -1.39. The number of carboxylic acid groups (broad SMARTS) is 1. The molecule has 1 aromatic rings. The zero-order valence-electron chi connectivity index (χ0n) is 10.4. The maximum Gasteiger partial charge on any atom is 0.326 e. The molecular formula is C11H18N4O3. The summed E-state index contributed by atoms with van der Waals surface area (Å²) in [4.78, 5) is 29.2. The minimum Gasteiger partial charge on any atom is -0.480 e. The highest BCUT2D eigenvalue weighted by molar-refractivity contribution is 5.82. The fourth-order valence-electron chi connectivity index (χ4n) is 1.46. The van der Waals surface area contributed by atoms with Crippen LogP contribution in [-0.2, 0) is 11.3 Å². The normalized spacial score (nSPS) is 12.2. The van der Waals surface area contributed by atoms with Crippen molar-refractivity contribution in [2.24, 2.45) is 5.92 Å². The number of nitrogens with zero attached hydrogens (tertiary/aromatic N) is 1. The third kappa shape index (κ3) is 4.86. The Morgan fingerprint density at radius 1 is 1.50 bits per heavy atom. The minimum atomic E-state index is -1.03. The summed E-state index contributed by atoms with van der Waals surface area (Å²) in [5.41, 5.74) is 0. The molecule has 0 aliphatic rings. The Labute approximate surface area is 105 Å². The van der Waals surface area contributed by atoms with Crippen molar-refractivity contribution in [3.8, 4) is 0 Å². The average Bonchev–Trinajstić information content (AvgIpc) is 2.77. The number of carbonyl (C=O) groups is 2. The van der Waals surface area contributed by atoms with E-state index >= 15 is 0 Å². The number of aliphatic carboxylic acids is 1. The van der Waals surface area contributed by atoms with Gasteiger partial charge in [0.25, 0.3) is 0 Å². The van der Waals surface area contributed by atoms with Crippen LogP contribution in [0.5, 0.6) is 0 Å². The Hall–Kier alpha value is -2.05. The molecule has 100 valence electrons. The van der Waals surface area contributed by atoms with E-state index in [0.717, 1.165) is 0 Å². The number of urea groups is 1. The van der Waals surface area contributed by atoms with Crippen LogP contribution in [-0.4, -0.2) is 33.1 Å². The number of imidazole rings is 1. The quantitative estimate of drug-likeness (QED) is 0.599. The number of nitrogens with one attached hydrogen (secondary N) is 3. The summed E-state index contributed by atoms with van der Waals surface area (Å²) in [7, 11) is 0. The highest BCUT2D eigenvalue weighted by Gasteiger charge is 2.20. The van der Waals surface area contributed by atoms with E-state index < -0.39 is 18.0 Å². The summed E-state index contributed by atoms with van der Waals surface area (Å²) in [5, 5.41) is 13.9. The van der Waals surface area contributed by atoms with Crippen molar-refractivity contribution in [2.75, 3.05) is 0 Å². The lowest BCUT2D eigenvalue weighted by atomic mass is 10.0. The molecular weight excluding hydrogens is 236 g/mol. The lowest BCUT2D eigenvalue weighted by Crippen LogP contribution is -2.46. The van der Waals surface area contributed by atoms with E-state index in [1.807, 2.05) is 13.8 Å². The molecule has 7 heteroatoms. The van der Waals surface area contributed by atoms with Crippen molar-refractivity contribution in [2.45, 2.75) is 32.9 Å². The predicted molar refractivity (Wildman–Crippen MR) is 64.8 cm³/mol. The number of hydrogen-bond donors (Lipinski definition) is 4. The molecule has 1 aromatic heterocycles. The van der Waals surface area contributed by atoms with Gasteiger partial charge in [-0.25, -0.2) is 14.6 Å². The van der Waals surface area contributed by atoms with E-state index in [2.05, 4.69) is 20.6 Å². The second kappa shape index (κ2) is 6.63. The van der Waals surface area contributed by atoms with Crippen LogP contribution < -0.4 is 10.6 Å². The molecule has 1 rings (SSSR count). The molecule has 2 amide bonds. The van der Waals surface area contributed by atoms with Gasteiger partial charge in [0.1, 0.15) is 11.9 Å². The summed E-state index contributed by atoms with van der Waals surface area (Å²) in [6.45, 7) is 4.03. The SMILES string of the molecule is CC(C)C[C@@H](NC(=O)NCc1ncc[nH]1)C(=O)O. The standard InChI is InChI=1S/C11H18N4O3/c1-7(2)5-8(10(16)17)15-11(18)14-6-9-12-3-4-13-9/h3-4,7-8H,5-6H2,1-2H3,(H,12,13)(H,16,17)(H2,14,15,18)/t8-/m1/s1. The Balaban J connectivity index is 2.39. The molecule has 18 heavy (non-hydrogen) atoms. The van der Waals surface area contributed by atoms with Gasteiger partial charge in [-0.3, -0.25) is 0 Å². The molecule has 1 atom stereocenters. The zero-order chi connectivity index (χ0) is 13.5. The van der Waals surface area contributed by atoms with Crippen LogP contribution in [0, 0.1) is 5.92 Å². The molecule has 0 aliphatic heterocycles. The van der Waals surface area contributed by atoms with Crippen molar-refractivity contribution in [3.05, 3.63) is 18.2 Å². The maximum absolute atomic E-state index is 11.5. The number of carbonyl (C=O) groups excluding carboxylic acids is 1. The van der Waals surface area contributed by atoms with Crippen LogP contribution in [0.4, 0.5) is 4.79 Å². The van der Waals surface area contributed by atoms with Crippen molar-refractivity contribution >= 4 is 12.0 Å². The number of carboxylic acids is 1. The summed E-state index contributed by atoms with van der Waals surface area (Å²) in [5.74, 6) is -0.228. The second-order valence-electron chi connectivity index (χ2n) is 4.38. The Bertz CT molecular complexity index is 389. The Kier molecular flexibility index (Phi) is 5.16. The lowest BCUT2D eigenvalue weighted by Gasteiger charge is -2.16. The first-order valence-electron chi connectivity index (χ1n) is 5.74. The molecule has 0 aromatic carbocycles. The number of aromatic amines is 1. The molecule has 0 fully saturated rings. The fourth-order valence-corrected chi connectivity index (χ4v) is 1.46. The van der Waals surface area contributed by atoms with E-state index in [9.17, 15) is 9.59 Å². The van der Waals surface area contributed by atoms with E-state index in [0.29, 0.717) is 12.2 Å². The van der Waals surface area contributed by atoms with Gasteiger partial charge in [-0.15, -0.1) is 0 Å². The van der Waals surface area contributed by atoms with Crippen LogP contribution in [0.3, 0.4) is 0 Å². The third-order valence-electron chi connectivity index (χ3n) is 2.28. The highest BCUT2D eigenvalue weighted by Crippen LogP contribution is 2.04. The molecule has 1 heterocycles. The van der Waals surface area contributed by atoms with Crippen LogP contribution in [0.1, 0.15) is 26.1 Å². The molecule has 0 saturated carbocycles. The molecule has 0 aliphatic carbocycles. The molecule has 7 nitrogen and oxygen atoms in total. The topological polar surface area (TPSA) is 107 Å². The van der Waals surface area contributed by atoms with E-state index in [4.69, 9.17) is 5.11 Å². The van der Waals surface area contributed by atoms with Gasteiger partial charge in [0.15, 0.2) is 0 Å². The van der Waals surface area contributed by atoms with Crippen molar-refractivity contribution in [3.63, 3.8) is 0 Å².